The number of nitrogens with zero attached hydrogens (tertiary/aromatic N) is 1. The highest BCUT2D eigenvalue weighted by molar-refractivity contribution is 7.12. The summed E-state index contributed by atoms with van der Waals surface area (Å²) in [5, 5.41) is 0.230. The zero-order valence-corrected chi connectivity index (χ0v) is 8.29. The number of alkyl halides is 3. The van der Waals surface area contributed by atoms with Crippen molar-refractivity contribution in [3.05, 3.63) is 27.7 Å². The van der Waals surface area contributed by atoms with Gasteiger partial charge in [0.25, 0.3) is 5.56 Å². The van der Waals surface area contributed by atoms with E-state index in [2.05, 4.69) is 9.36 Å². The van der Waals surface area contributed by atoms with Gasteiger partial charge >= 0.3 is 6.18 Å². The van der Waals surface area contributed by atoms with Crippen LogP contribution in [0.3, 0.4) is 0 Å². The molecule has 0 saturated carbocycles. The standard InChI is InChI=1S/C8H5F3N2OS/c1-3-2-4(8(9,10)11)12-7-5(3)6(14)13-15-7/h2H,1H3,(H,13,14). The Balaban J connectivity index is 2.80. The van der Waals surface area contributed by atoms with Crippen LogP contribution in [0.25, 0.3) is 10.2 Å². The second kappa shape index (κ2) is 3.06. The summed E-state index contributed by atoms with van der Waals surface area (Å²) in [6.45, 7) is 1.46. The topological polar surface area (TPSA) is 45.8 Å². The van der Waals surface area contributed by atoms with Crippen LogP contribution in [-0.2, 0) is 6.18 Å². The van der Waals surface area contributed by atoms with E-state index in [-0.39, 0.29) is 15.8 Å². The molecule has 0 radical (unpaired) electrons. The number of aromatic amines is 1. The normalized spacial score (nSPS) is 12.3. The van der Waals surface area contributed by atoms with E-state index in [0.717, 1.165) is 17.6 Å². The van der Waals surface area contributed by atoms with Crippen LogP contribution in [0.4, 0.5) is 13.2 Å². The van der Waals surface area contributed by atoms with Gasteiger partial charge in [-0.05, 0) is 30.1 Å². The van der Waals surface area contributed by atoms with Crippen molar-refractivity contribution >= 4 is 21.7 Å². The molecule has 2 rings (SSSR count). The van der Waals surface area contributed by atoms with E-state index in [1.807, 2.05) is 0 Å². The average Bonchev–Trinajstić information content (AvgIpc) is 2.46. The molecule has 2 aromatic heterocycles. The molecule has 0 bridgehead atoms. The Morgan fingerprint density at radius 1 is 1.47 bits per heavy atom. The summed E-state index contributed by atoms with van der Waals surface area (Å²) in [6.07, 6.45) is -4.48. The number of aromatic nitrogens is 2. The van der Waals surface area contributed by atoms with E-state index in [9.17, 15) is 18.0 Å². The lowest BCUT2D eigenvalue weighted by atomic mass is 10.2. The Morgan fingerprint density at radius 3 is 2.73 bits per heavy atom. The molecule has 7 heteroatoms. The fraction of sp³-hybridized carbons (Fsp3) is 0.250. The predicted octanol–water partition coefficient (Wildman–Crippen LogP) is 2.31. The lowest BCUT2D eigenvalue weighted by Crippen LogP contribution is -2.09. The van der Waals surface area contributed by atoms with Crippen molar-refractivity contribution in [3.63, 3.8) is 0 Å². The van der Waals surface area contributed by atoms with Crippen molar-refractivity contribution in [1.29, 1.82) is 0 Å². The Hall–Kier alpha value is -1.37. The van der Waals surface area contributed by atoms with Gasteiger partial charge in [-0.1, -0.05) is 0 Å². The van der Waals surface area contributed by atoms with Gasteiger partial charge in [-0.25, -0.2) is 4.98 Å². The van der Waals surface area contributed by atoms with Gasteiger partial charge < -0.3 is 0 Å². The lowest BCUT2D eigenvalue weighted by Gasteiger charge is -2.05. The van der Waals surface area contributed by atoms with Crippen molar-refractivity contribution in [1.82, 2.24) is 9.36 Å². The second-order valence-electron chi connectivity index (χ2n) is 3.04. The van der Waals surface area contributed by atoms with Gasteiger partial charge in [-0.2, -0.15) is 13.2 Å². The third-order valence-electron chi connectivity index (χ3n) is 1.94. The first-order valence-corrected chi connectivity index (χ1v) is 4.77. The summed E-state index contributed by atoms with van der Waals surface area (Å²) in [7, 11) is 0. The Kier molecular flexibility index (Phi) is 2.07. The van der Waals surface area contributed by atoms with Gasteiger partial charge in [0.2, 0.25) is 0 Å². The van der Waals surface area contributed by atoms with Crippen LogP contribution in [0.5, 0.6) is 0 Å². The van der Waals surface area contributed by atoms with Gasteiger partial charge in [0.15, 0.2) is 0 Å². The Bertz CT molecular complexity index is 569. The minimum Gasteiger partial charge on any atom is -0.275 e. The molecule has 0 atom stereocenters. The van der Waals surface area contributed by atoms with Gasteiger partial charge in [-0.3, -0.25) is 9.17 Å². The van der Waals surface area contributed by atoms with Crippen molar-refractivity contribution in [2.75, 3.05) is 0 Å². The minimum absolute atomic E-state index is 0.0901. The number of aryl methyl sites for hydroxylation is 1. The maximum Gasteiger partial charge on any atom is 0.433 e. The highest BCUT2D eigenvalue weighted by atomic mass is 32.1. The summed E-state index contributed by atoms with van der Waals surface area (Å²) < 4.78 is 39.4. The molecule has 15 heavy (non-hydrogen) atoms. The van der Waals surface area contributed by atoms with Crippen molar-refractivity contribution in [2.24, 2.45) is 0 Å². The number of rotatable bonds is 0. The molecule has 0 fully saturated rings. The summed E-state index contributed by atoms with van der Waals surface area (Å²) in [4.78, 5) is 14.7. The van der Waals surface area contributed by atoms with Crippen LogP contribution in [0.15, 0.2) is 10.9 Å². The maximum absolute atomic E-state index is 12.4. The van der Waals surface area contributed by atoms with Crippen molar-refractivity contribution in [3.8, 4) is 0 Å². The minimum atomic E-state index is -4.48. The summed E-state index contributed by atoms with van der Waals surface area (Å²) in [5.41, 5.74) is -1.08. The quantitative estimate of drug-likeness (QED) is 0.760. The van der Waals surface area contributed by atoms with Crippen LogP contribution in [0.2, 0.25) is 0 Å². The van der Waals surface area contributed by atoms with E-state index in [0.29, 0.717) is 0 Å². The largest absolute Gasteiger partial charge is 0.433 e. The lowest BCUT2D eigenvalue weighted by molar-refractivity contribution is -0.140. The molecule has 0 saturated heterocycles. The highest BCUT2D eigenvalue weighted by Gasteiger charge is 2.33. The molecule has 80 valence electrons. The summed E-state index contributed by atoms with van der Waals surface area (Å²) in [6, 6.07) is 0.879. The summed E-state index contributed by atoms with van der Waals surface area (Å²) >= 11 is 0.810. The van der Waals surface area contributed by atoms with Crippen molar-refractivity contribution in [2.45, 2.75) is 13.1 Å². The van der Waals surface area contributed by atoms with Gasteiger partial charge in [0.1, 0.15) is 10.5 Å². The number of hydrogen-bond acceptors (Lipinski definition) is 3. The third kappa shape index (κ3) is 1.63. The molecular formula is C8H5F3N2OS. The number of H-pyrrole nitrogens is 1. The zero-order valence-electron chi connectivity index (χ0n) is 7.47. The van der Waals surface area contributed by atoms with Crippen LogP contribution >= 0.6 is 11.5 Å². The molecule has 0 aliphatic carbocycles. The van der Waals surface area contributed by atoms with E-state index < -0.39 is 17.4 Å². The molecule has 0 aliphatic heterocycles. The van der Waals surface area contributed by atoms with Crippen LogP contribution < -0.4 is 5.56 Å². The first kappa shape index (κ1) is 10.2. The Morgan fingerprint density at radius 2 is 2.13 bits per heavy atom. The SMILES string of the molecule is Cc1cc(C(F)(F)F)nc2s[nH]c(=O)c12. The highest BCUT2D eigenvalue weighted by Crippen LogP contribution is 2.30. The van der Waals surface area contributed by atoms with E-state index >= 15 is 0 Å². The van der Waals surface area contributed by atoms with Gasteiger partial charge in [0, 0.05) is 0 Å². The van der Waals surface area contributed by atoms with Gasteiger partial charge in [0.05, 0.1) is 5.39 Å². The fourth-order valence-corrected chi connectivity index (χ4v) is 2.08. The Labute approximate surface area is 85.7 Å². The van der Waals surface area contributed by atoms with Crippen LogP contribution in [0.1, 0.15) is 11.3 Å². The van der Waals surface area contributed by atoms with Crippen LogP contribution in [-0.4, -0.2) is 9.36 Å². The predicted molar refractivity (Wildman–Crippen MR) is 50.0 cm³/mol. The maximum atomic E-state index is 12.4. The van der Waals surface area contributed by atoms with Gasteiger partial charge in [-0.15, -0.1) is 0 Å². The third-order valence-corrected chi connectivity index (χ3v) is 2.72. The molecule has 1 N–H and O–H groups in total. The second-order valence-corrected chi connectivity index (χ2v) is 3.83. The molecule has 0 spiro atoms. The van der Waals surface area contributed by atoms with E-state index in [4.69, 9.17) is 0 Å². The smallest absolute Gasteiger partial charge is 0.275 e. The first-order chi connectivity index (χ1) is 6.89. The molecule has 2 heterocycles. The molecule has 2 aromatic rings. The number of pyridine rings is 1. The molecule has 0 aliphatic rings. The zero-order chi connectivity index (χ0) is 11.2. The molecule has 0 amide bonds. The number of fused-ring (bicyclic) bond motifs is 1. The molecular weight excluding hydrogens is 229 g/mol. The molecule has 0 aromatic carbocycles. The molecule has 3 nitrogen and oxygen atoms in total. The van der Waals surface area contributed by atoms with E-state index in [1.165, 1.54) is 6.92 Å². The van der Waals surface area contributed by atoms with Crippen molar-refractivity contribution < 1.29 is 13.2 Å². The van der Waals surface area contributed by atoms with E-state index in [1.54, 1.807) is 0 Å². The number of halogens is 3. The fourth-order valence-electron chi connectivity index (χ4n) is 1.28. The summed E-state index contributed by atoms with van der Waals surface area (Å²) in [5.74, 6) is 0. The first-order valence-electron chi connectivity index (χ1n) is 3.95. The number of hydrogen-bond donors (Lipinski definition) is 1. The molecule has 0 unspecified atom stereocenters. The monoisotopic (exact) mass is 234 g/mol. The average molecular weight is 234 g/mol. The van der Waals surface area contributed by atoms with Crippen LogP contribution in [0, 0.1) is 6.92 Å². The number of nitrogens with one attached hydrogen (secondary N) is 1.